The van der Waals surface area contributed by atoms with E-state index in [-0.39, 0.29) is 0 Å². The first kappa shape index (κ1) is 8.79. The number of rotatable bonds is 2. The first-order chi connectivity index (χ1) is 5.65. The van der Waals surface area contributed by atoms with Crippen LogP contribution in [0.15, 0.2) is 0 Å². The van der Waals surface area contributed by atoms with Gasteiger partial charge >= 0.3 is 0 Å². The van der Waals surface area contributed by atoms with E-state index in [1.165, 1.54) is 0 Å². The Balaban J connectivity index is 2.94. The lowest BCUT2D eigenvalue weighted by Gasteiger charge is -1.99. The molecule has 0 aliphatic heterocycles. The average Bonchev–Trinajstić information content (AvgIpc) is 2.30. The molecule has 0 radical (unpaired) electrons. The summed E-state index contributed by atoms with van der Waals surface area (Å²) < 4.78 is 0. The van der Waals surface area contributed by atoms with E-state index in [1.54, 1.807) is 0 Å². The minimum Gasteiger partial charge on any atom is -0.281 e. The molecule has 0 aromatic carbocycles. The molecule has 12 heavy (non-hydrogen) atoms. The van der Waals surface area contributed by atoms with Gasteiger partial charge < -0.3 is 0 Å². The van der Waals surface area contributed by atoms with Crippen molar-refractivity contribution in [1.29, 1.82) is 5.26 Å². The Bertz CT molecular complexity index is 304. The van der Waals surface area contributed by atoms with Crippen LogP contribution >= 0.6 is 0 Å². The van der Waals surface area contributed by atoms with Gasteiger partial charge in [-0.15, -0.1) is 0 Å². The molecule has 0 bridgehead atoms. The molecule has 0 saturated carbocycles. The van der Waals surface area contributed by atoms with Crippen molar-refractivity contribution in [3.05, 3.63) is 17.0 Å². The highest BCUT2D eigenvalue weighted by atomic mass is 15.1. The molecule has 3 heteroatoms. The van der Waals surface area contributed by atoms with Crippen LogP contribution in [0.25, 0.3) is 0 Å². The minimum absolute atomic E-state index is 0.541. The summed E-state index contributed by atoms with van der Waals surface area (Å²) in [5.74, 6) is 0.541. The van der Waals surface area contributed by atoms with Gasteiger partial charge in [-0.2, -0.15) is 10.4 Å². The first-order valence-electron chi connectivity index (χ1n) is 4.09. The van der Waals surface area contributed by atoms with Gasteiger partial charge in [0.05, 0.1) is 17.0 Å². The summed E-state index contributed by atoms with van der Waals surface area (Å²) in [7, 11) is 0. The fraction of sp³-hybridized carbons (Fsp3) is 0.556. The van der Waals surface area contributed by atoms with E-state index in [2.05, 4.69) is 30.1 Å². The standard InChI is InChI=1S/C9H13N3/c1-6(2)4-9-8(5-10)7(3)11-12-9/h6H,4H2,1-3H3,(H,11,12). The highest BCUT2D eigenvalue weighted by Gasteiger charge is 2.10. The predicted molar refractivity (Wildman–Crippen MR) is 46.6 cm³/mol. The molecule has 0 amide bonds. The molecule has 1 heterocycles. The predicted octanol–water partition coefficient (Wildman–Crippen LogP) is 1.79. The highest BCUT2D eigenvalue weighted by Crippen LogP contribution is 2.12. The third kappa shape index (κ3) is 1.65. The molecule has 0 saturated heterocycles. The second kappa shape index (κ2) is 3.40. The molecule has 0 unspecified atom stereocenters. The van der Waals surface area contributed by atoms with Crippen molar-refractivity contribution in [3.8, 4) is 6.07 Å². The van der Waals surface area contributed by atoms with Crippen LogP contribution in [0.5, 0.6) is 0 Å². The second-order valence-electron chi connectivity index (χ2n) is 3.38. The van der Waals surface area contributed by atoms with Crippen molar-refractivity contribution >= 4 is 0 Å². The van der Waals surface area contributed by atoms with Crippen LogP contribution in [-0.2, 0) is 6.42 Å². The topological polar surface area (TPSA) is 52.5 Å². The van der Waals surface area contributed by atoms with Gasteiger partial charge in [0.2, 0.25) is 0 Å². The van der Waals surface area contributed by atoms with Crippen molar-refractivity contribution < 1.29 is 0 Å². The number of aromatic nitrogens is 2. The Morgan fingerprint density at radius 2 is 2.25 bits per heavy atom. The van der Waals surface area contributed by atoms with E-state index in [0.29, 0.717) is 11.5 Å². The molecule has 0 aliphatic rings. The van der Waals surface area contributed by atoms with Crippen molar-refractivity contribution in [2.45, 2.75) is 27.2 Å². The fourth-order valence-corrected chi connectivity index (χ4v) is 1.16. The Morgan fingerprint density at radius 1 is 1.58 bits per heavy atom. The minimum atomic E-state index is 0.541. The Labute approximate surface area is 72.4 Å². The Morgan fingerprint density at radius 3 is 2.75 bits per heavy atom. The third-order valence-electron chi connectivity index (χ3n) is 1.74. The van der Waals surface area contributed by atoms with Crippen LogP contribution in [-0.4, -0.2) is 10.2 Å². The number of nitrogens with one attached hydrogen (secondary N) is 1. The number of hydrogen-bond donors (Lipinski definition) is 1. The van der Waals surface area contributed by atoms with E-state index < -0.39 is 0 Å². The van der Waals surface area contributed by atoms with Gasteiger partial charge in [-0.05, 0) is 19.3 Å². The third-order valence-corrected chi connectivity index (χ3v) is 1.74. The normalized spacial score (nSPS) is 10.2. The highest BCUT2D eigenvalue weighted by molar-refractivity contribution is 5.36. The van der Waals surface area contributed by atoms with Gasteiger partial charge in [0.25, 0.3) is 0 Å². The average molecular weight is 163 g/mol. The largest absolute Gasteiger partial charge is 0.281 e. The van der Waals surface area contributed by atoms with Gasteiger partial charge in [0.15, 0.2) is 0 Å². The summed E-state index contributed by atoms with van der Waals surface area (Å²) in [5, 5.41) is 15.7. The summed E-state index contributed by atoms with van der Waals surface area (Å²) >= 11 is 0. The lowest BCUT2D eigenvalue weighted by Crippen LogP contribution is -1.96. The quantitative estimate of drug-likeness (QED) is 0.722. The number of aryl methyl sites for hydroxylation is 1. The van der Waals surface area contributed by atoms with Crippen LogP contribution in [0.4, 0.5) is 0 Å². The summed E-state index contributed by atoms with van der Waals surface area (Å²) in [6, 6.07) is 2.16. The maximum atomic E-state index is 8.79. The van der Waals surface area contributed by atoms with Crippen LogP contribution in [0, 0.1) is 24.2 Å². The molecule has 3 nitrogen and oxygen atoms in total. The van der Waals surface area contributed by atoms with Gasteiger partial charge in [-0.1, -0.05) is 13.8 Å². The molecule has 1 aromatic heterocycles. The second-order valence-corrected chi connectivity index (χ2v) is 3.38. The molecule has 1 rings (SSSR count). The monoisotopic (exact) mass is 163 g/mol. The SMILES string of the molecule is Cc1[nH]nc(CC(C)C)c1C#N. The van der Waals surface area contributed by atoms with E-state index >= 15 is 0 Å². The molecule has 64 valence electrons. The van der Waals surface area contributed by atoms with Crippen molar-refractivity contribution in [1.82, 2.24) is 10.2 Å². The van der Waals surface area contributed by atoms with Crippen molar-refractivity contribution in [3.63, 3.8) is 0 Å². The van der Waals surface area contributed by atoms with Crippen LogP contribution < -0.4 is 0 Å². The summed E-state index contributed by atoms with van der Waals surface area (Å²) in [4.78, 5) is 0. The number of hydrogen-bond acceptors (Lipinski definition) is 2. The van der Waals surface area contributed by atoms with Crippen molar-refractivity contribution in [2.75, 3.05) is 0 Å². The number of H-pyrrole nitrogens is 1. The van der Waals surface area contributed by atoms with E-state index in [4.69, 9.17) is 5.26 Å². The molecule has 1 N–H and O–H groups in total. The van der Waals surface area contributed by atoms with Gasteiger partial charge in [0.1, 0.15) is 6.07 Å². The van der Waals surface area contributed by atoms with Gasteiger partial charge in [-0.3, -0.25) is 5.10 Å². The molecular weight excluding hydrogens is 150 g/mol. The Kier molecular flexibility index (Phi) is 2.49. The van der Waals surface area contributed by atoms with E-state index in [0.717, 1.165) is 17.8 Å². The van der Waals surface area contributed by atoms with Crippen LogP contribution in [0.3, 0.4) is 0 Å². The molecule has 0 atom stereocenters. The number of nitriles is 1. The van der Waals surface area contributed by atoms with E-state index in [1.807, 2.05) is 6.92 Å². The molecule has 1 aromatic rings. The summed E-state index contributed by atoms with van der Waals surface area (Å²) in [6.45, 7) is 6.10. The molecule has 0 aliphatic carbocycles. The zero-order chi connectivity index (χ0) is 9.14. The Hall–Kier alpha value is -1.30. The first-order valence-corrected chi connectivity index (χ1v) is 4.09. The smallest absolute Gasteiger partial charge is 0.103 e. The van der Waals surface area contributed by atoms with Crippen LogP contribution in [0.2, 0.25) is 0 Å². The zero-order valence-corrected chi connectivity index (χ0v) is 7.68. The lowest BCUT2D eigenvalue weighted by atomic mass is 10.0. The zero-order valence-electron chi connectivity index (χ0n) is 7.68. The number of aromatic amines is 1. The lowest BCUT2D eigenvalue weighted by molar-refractivity contribution is 0.633. The van der Waals surface area contributed by atoms with E-state index in [9.17, 15) is 0 Å². The van der Waals surface area contributed by atoms with Crippen molar-refractivity contribution in [2.24, 2.45) is 5.92 Å². The maximum absolute atomic E-state index is 8.79. The molecular formula is C9H13N3. The van der Waals surface area contributed by atoms with Crippen LogP contribution in [0.1, 0.15) is 30.8 Å². The van der Waals surface area contributed by atoms with Gasteiger partial charge in [0, 0.05) is 0 Å². The summed E-state index contributed by atoms with van der Waals surface area (Å²) in [5.41, 5.74) is 2.47. The number of nitrogens with zero attached hydrogens (tertiary/aromatic N) is 2. The maximum Gasteiger partial charge on any atom is 0.103 e. The molecule has 0 fully saturated rings. The molecule has 0 spiro atoms. The fourth-order valence-electron chi connectivity index (χ4n) is 1.16. The summed E-state index contributed by atoms with van der Waals surface area (Å²) in [6.07, 6.45) is 0.868. The van der Waals surface area contributed by atoms with Gasteiger partial charge in [-0.25, -0.2) is 0 Å².